The molecule has 1 aromatic heterocycles. The van der Waals surface area contributed by atoms with Crippen LogP contribution in [0.3, 0.4) is 0 Å². The van der Waals surface area contributed by atoms with E-state index in [9.17, 15) is 9.59 Å². The fraction of sp³-hybridized carbons (Fsp3) is 0.600. The van der Waals surface area contributed by atoms with Gasteiger partial charge in [0.05, 0.1) is 0 Å². The summed E-state index contributed by atoms with van der Waals surface area (Å²) in [5.74, 6) is 0.221. The number of carbonyl (C=O) groups excluding carboxylic acids is 2. The molecule has 0 radical (unpaired) electrons. The van der Waals surface area contributed by atoms with Crippen LogP contribution in [0.2, 0.25) is 0 Å². The molecule has 1 saturated heterocycles. The van der Waals surface area contributed by atoms with Crippen molar-refractivity contribution in [2.75, 3.05) is 6.54 Å². The van der Waals surface area contributed by atoms with Crippen LogP contribution in [-0.2, 0) is 4.74 Å². The van der Waals surface area contributed by atoms with Crippen molar-refractivity contribution in [3.63, 3.8) is 0 Å². The number of ether oxygens (including phenoxy) is 1. The molecule has 1 unspecified atom stereocenters. The minimum Gasteiger partial charge on any atom is -0.446 e. The van der Waals surface area contributed by atoms with Crippen LogP contribution in [0.5, 0.6) is 0 Å². The summed E-state index contributed by atoms with van der Waals surface area (Å²) in [7, 11) is 0. The van der Waals surface area contributed by atoms with Crippen molar-refractivity contribution < 1.29 is 18.7 Å². The summed E-state index contributed by atoms with van der Waals surface area (Å²) in [4.78, 5) is 26.0. The van der Waals surface area contributed by atoms with Crippen molar-refractivity contribution in [3.8, 4) is 0 Å². The first kappa shape index (κ1) is 16.1. The molecule has 2 heterocycles. The van der Waals surface area contributed by atoms with Gasteiger partial charge in [-0.05, 0) is 61.7 Å². The smallest absolute Gasteiger partial charge is 0.410 e. The highest BCUT2D eigenvalue weighted by molar-refractivity contribution is 9.10. The molecule has 1 aromatic rings. The molecule has 0 spiro atoms. The molecule has 116 valence electrons. The second kappa shape index (κ2) is 6.22. The first-order valence-electron chi connectivity index (χ1n) is 7.04. The summed E-state index contributed by atoms with van der Waals surface area (Å²) >= 11 is 3.18. The maximum atomic E-state index is 12.2. The molecular formula is C15H20BrNO4. The third-order valence-electron chi connectivity index (χ3n) is 3.27. The average Bonchev–Trinajstić information content (AvgIpc) is 2.95. The van der Waals surface area contributed by atoms with Gasteiger partial charge in [-0.3, -0.25) is 4.79 Å². The van der Waals surface area contributed by atoms with Crippen LogP contribution < -0.4 is 0 Å². The van der Waals surface area contributed by atoms with Crippen LogP contribution in [0, 0.1) is 0 Å². The van der Waals surface area contributed by atoms with Gasteiger partial charge in [-0.1, -0.05) is 0 Å². The lowest BCUT2D eigenvalue weighted by molar-refractivity contribution is 0.0222. The Balaban J connectivity index is 1.99. The highest BCUT2D eigenvalue weighted by Gasteiger charge is 2.33. The van der Waals surface area contributed by atoms with Gasteiger partial charge in [0.2, 0.25) is 0 Å². The zero-order chi connectivity index (χ0) is 15.6. The zero-order valence-corrected chi connectivity index (χ0v) is 14.1. The van der Waals surface area contributed by atoms with E-state index in [1.54, 1.807) is 17.0 Å². The summed E-state index contributed by atoms with van der Waals surface area (Å²) in [5.41, 5.74) is -0.528. The van der Waals surface area contributed by atoms with Crippen molar-refractivity contribution >= 4 is 27.8 Å². The lowest BCUT2D eigenvalue weighted by Gasteiger charge is -2.28. The number of carbonyl (C=O) groups is 2. The molecule has 0 bridgehead atoms. The molecule has 1 aliphatic heterocycles. The van der Waals surface area contributed by atoms with E-state index in [2.05, 4.69) is 15.9 Å². The van der Waals surface area contributed by atoms with E-state index in [1.807, 2.05) is 20.8 Å². The van der Waals surface area contributed by atoms with Crippen molar-refractivity contribution in [3.05, 3.63) is 22.6 Å². The van der Waals surface area contributed by atoms with Gasteiger partial charge in [0, 0.05) is 19.0 Å². The van der Waals surface area contributed by atoms with Gasteiger partial charge >= 0.3 is 6.09 Å². The van der Waals surface area contributed by atoms with Crippen LogP contribution in [0.4, 0.5) is 4.79 Å². The van der Waals surface area contributed by atoms with Gasteiger partial charge in [-0.25, -0.2) is 4.79 Å². The molecule has 1 amide bonds. The molecule has 0 aromatic carbocycles. The topological polar surface area (TPSA) is 59.8 Å². The predicted molar refractivity (Wildman–Crippen MR) is 81.3 cm³/mol. The SMILES string of the molecule is CC(C)(C)OC(=O)N1CCCC1CC(=O)c1ccc(Br)o1. The number of nitrogens with zero attached hydrogens (tertiary/aromatic N) is 1. The van der Waals surface area contributed by atoms with E-state index in [1.165, 1.54) is 0 Å². The van der Waals surface area contributed by atoms with Gasteiger partial charge in [0.15, 0.2) is 16.2 Å². The zero-order valence-electron chi connectivity index (χ0n) is 12.5. The van der Waals surface area contributed by atoms with Crippen molar-refractivity contribution in [2.24, 2.45) is 0 Å². The predicted octanol–water partition coefficient (Wildman–Crippen LogP) is 4.01. The van der Waals surface area contributed by atoms with E-state index in [-0.39, 0.29) is 24.3 Å². The van der Waals surface area contributed by atoms with Gasteiger partial charge < -0.3 is 14.1 Å². The van der Waals surface area contributed by atoms with Crippen LogP contribution in [-0.4, -0.2) is 35.0 Å². The van der Waals surface area contributed by atoms with Crippen LogP contribution in [0.1, 0.15) is 50.6 Å². The Kier molecular flexibility index (Phi) is 4.76. The maximum Gasteiger partial charge on any atom is 0.410 e. The molecule has 1 fully saturated rings. The number of halogens is 1. The summed E-state index contributed by atoms with van der Waals surface area (Å²) in [6, 6.07) is 3.21. The molecule has 1 aliphatic rings. The Morgan fingerprint density at radius 2 is 2.14 bits per heavy atom. The van der Waals surface area contributed by atoms with Crippen LogP contribution in [0.15, 0.2) is 21.2 Å². The van der Waals surface area contributed by atoms with E-state index in [4.69, 9.17) is 9.15 Å². The largest absolute Gasteiger partial charge is 0.446 e. The Labute approximate surface area is 132 Å². The molecule has 2 rings (SSSR count). The molecule has 0 aliphatic carbocycles. The van der Waals surface area contributed by atoms with Gasteiger partial charge in [0.25, 0.3) is 0 Å². The standard InChI is InChI=1S/C15H20BrNO4/c1-15(2,3)21-14(19)17-8-4-5-10(17)9-11(18)12-6-7-13(16)20-12/h6-7,10H,4-5,8-9H2,1-3H3. The Hall–Kier alpha value is -1.30. The minimum absolute atomic E-state index is 0.0961. The number of hydrogen-bond acceptors (Lipinski definition) is 4. The van der Waals surface area contributed by atoms with E-state index < -0.39 is 5.60 Å². The molecule has 0 saturated carbocycles. The average molecular weight is 358 g/mol. The summed E-state index contributed by atoms with van der Waals surface area (Å²) in [5, 5.41) is 0. The first-order valence-corrected chi connectivity index (χ1v) is 7.84. The quantitative estimate of drug-likeness (QED) is 0.766. The Morgan fingerprint density at radius 3 is 2.71 bits per heavy atom. The monoisotopic (exact) mass is 357 g/mol. The molecule has 0 N–H and O–H groups in total. The summed E-state index contributed by atoms with van der Waals surface area (Å²) < 4.78 is 11.2. The number of amides is 1. The number of Topliss-reactive ketones (excluding diaryl/α,β-unsaturated/α-hetero) is 1. The molecule has 5 nitrogen and oxygen atoms in total. The van der Waals surface area contributed by atoms with Gasteiger partial charge in [-0.15, -0.1) is 0 Å². The Bertz CT molecular complexity index is 532. The van der Waals surface area contributed by atoms with Crippen LogP contribution in [0.25, 0.3) is 0 Å². The fourth-order valence-electron chi connectivity index (χ4n) is 2.39. The molecular weight excluding hydrogens is 338 g/mol. The highest BCUT2D eigenvalue weighted by Crippen LogP contribution is 2.25. The third-order valence-corrected chi connectivity index (χ3v) is 3.70. The lowest BCUT2D eigenvalue weighted by Crippen LogP contribution is -2.40. The molecule has 6 heteroatoms. The molecule has 21 heavy (non-hydrogen) atoms. The van der Waals surface area contributed by atoms with E-state index in [0.29, 0.717) is 17.0 Å². The van der Waals surface area contributed by atoms with E-state index >= 15 is 0 Å². The second-order valence-electron chi connectivity index (χ2n) is 6.20. The maximum absolute atomic E-state index is 12.2. The number of furan rings is 1. The number of likely N-dealkylation sites (tertiary alicyclic amines) is 1. The number of ketones is 1. The second-order valence-corrected chi connectivity index (χ2v) is 6.98. The van der Waals surface area contributed by atoms with Crippen molar-refractivity contribution in [1.82, 2.24) is 4.90 Å². The third kappa shape index (κ3) is 4.33. The minimum atomic E-state index is -0.528. The van der Waals surface area contributed by atoms with Crippen molar-refractivity contribution in [2.45, 2.75) is 51.7 Å². The highest BCUT2D eigenvalue weighted by atomic mass is 79.9. The van der Waals surface area contributed by atoms with Gasteiger partial charge in [0.1, 0.15) is 5.60 Å². The normalized spacial score (nSPS) is 18.9. The van der Waals surface area contributed by atoms with Crippen LogP contribution >= 0.6 is 15.9 Å². The summed E-state index contributed by atoms with van der Waals surface area (Å²) in [6.45, 7) is 6.14. The van der Waals surface area contributed by atoms with Crippen molar-refractivity contribution in [1.29, 1.82) is 0 Å². The number of rotatable bonds is 3. The number of hydrogen-bond donors (Lipinski definition) is 0. The lowest BCUT2D eigenvalue weighted by atomic mass is 10.1. The summed E-state index contributed by atoms with van der Waals surface area (Å²) in [6.07, 6.45) is 1.61. The molecule has 1 atom stereocenters. The fourth-order valence-corrected chi connectivity index (χ4v) is 2.69. The Morgan fingerprint density at radius 1 is 1.43 bits per heavy atom. The first-order chi connectivity index (χ1) is 9.76. The van der Waals surface area contributed by atoms with Gasteiger partial charge in [-0.2, -0.15) is 0 Å². The van der Waals surface area contributed by atoms with E-state index in [0.717, 1.165) is 12.8 Å².